The molecule has 1 aliphatic heterocycles. The Hall–Kier alpha value is -2.80. The van der Waals surface area contributed by atoms with Gasteiger partial charge in [0.05, 0.1) is 42.3 Å². The van der Waals surface area contributed by atoms with Gasteiger partial charge in [-0.1, -0.05) is 0 Å². The maximum absolute atomic E-state index is 13.2. The molecule has 140 valence electrons. The van der Waals surface area contributed by atoms with Crippen molar-refractivity contribution in [2.45, 2.75) is 13.1 Å². The van der Waals surface area contributed by atoms with Crippen molar-refractivity contribution in [1.29, 1.82) is 5.26 Å². The SMILES string of the molecule is CCOC(=O)C(=O)Nc1cc(C(F)(F)F)cc(N2CCOCC2)c1C#N. The third kappa shape index (κ3) is 4.43. The van der Waals surface area contributed by atoms with Crippen molar-refractivity contribution in [2.75, 3.05) is 43.1 Å². The van der Waals surface area contributed by atoms with Crippen molar-refractivity contribution in [3.05, 3.63) is 23.3 Å². The molecular formula is C16H16F3N3O4. The van der Waals surface area contributed by atoms with Crippen molar-refractivity contribution >= 4 is 23.3 Å². The monoisotopic (exact) mass is 371 g/mol. The molecule has 0 aliphatic carbocycles. The van der Waals surface area contributed by atoms with E-state index in [9.17, 15) is 28.0 Å². The van der Waals surface area contributed by atoms with Crippen LogP contribution >= 0.6 is 0 Å². The lowest BCUT2D eigenvalue weighted by atomic mass is 10.0. The van der Waals surface area contributed by atoms with Gasteiger partial charge >= 0.3 is 18.1 Å². The highest BCUT2D eigenvalue weighted by Crippen LogP contribution is 2.37. The number of benzene rings is 1. The fourth-order valence-corrected chi connectivity index (χ4v) is 2.43. The standard InChI is InChI=1S/C16H16F3N3O4/c1-2-26-15(24)14(23)21-12-7-10(16(17,18)19)8-13(11(12)9-20)22-3-5-25-6-4-22/h7-8H,2-6H2,1H3,(H,21,23). The Balaban J connectivity index is 2.49. The summed E-state index contributed by atoms with van der Waals surface area (Å²) in [6, 6.07) is 3.28. The fraction of sp³-hybridized carbons (Fsp3) is 0.438. The molecular weight excluding hydrogens is 355 g/mol. The first-order valence-corrected chi connectivity index (χ1v) is 7.74. The quantitative estimate of drug-likeness (QED) is 0.645. The van der Waals surface area contributed by atoms with Crippen LogP contribution in [0.1, 0.15) is 18.1 Å². The number of carbonyl (C=O) groups is 2. The zero-order valence-electron chi connectivity index (χ0n) is 13.9. The average molecular weight is 371 g/mol. The van der Waals surface area contributed by atoms with Crippen LogP contribution in [0.5, 0.6) is 0 Å². The molecule has 0 saturated carbocycles. The second-order valence-electron chi connectivity index (χ2n) is 5.30. The van der Waals surface area contributed by atoms with E-state index in [1.54, 1.807) is 11.0 Å². The molecule has 2 rings (SSSR count). The molecule has 1 amide bonds. The molecule has 26 heavy (non-hydrogen) atoms. The van der Waals surface area contributed by atoms with Gasteiger partial charge in [-0.15, -0.1) is 0 Å². The van der Waals surface area contributed by atoms with Crippen LogP contribution < -0.4 is 10.2 Å². The van der Waals surface area contributed by atoms with Crippen LogP contribution in [0.3, 0.4) is 0 Å². The number of alkyl halides is 3. The first-order valence-electron chi connectivity index (χ1n) is 7.74. The van der Waals surface area contributed by atoms with Gasteiger partial charge < -0.3 is 19.7 Å². The molecule has 1 aromatic rings. The number of halogens is 3. The van der Waals surface area contributed by atoms with E-state index in [1.165, 1.54) is 6.92 Å². The van der Waals surface area contributed by atoms with E-state index in [0.717, 1.165) is 6.07 Å². The summed E-state index contributed by atoms with van der Waals surface area (Å²) in [7, 11) is 0. The van der Waals surface area contributed by atoms with Crippen LogP contribution in [0.25, 0.3) is 0 Å². The topological polar surface area (TPSA) is 91.7 Å². The minimum atomic E-state index is -4.70. The average Bonchev–Trinajstić information content (AvgIpc) is 2.61. The van der Waals surface area contributed by atoms with Gasteiger partial charge in [0.2, 0.25) is 0 Å². The number of amides is 1. The molecule has 0 atom stereocenters. The molecule has 1 fully saturated rings. The molecule has 1 heterocycles. The summed E-state index contributed by atoms with van der Waals surface area (Å²) in [5, 5.41) is 11.5. The molecule has 0 radical (unpaired) electrons. The van der Waals surface area contributed by atoms with Crippen LogP contribution in [0.15, 0.2) is 12.1 Å². The summed E-state index contributed by atoms with van der Waals surface area (Å²) < 4.78 is 49.4. The Morgan fingerprint density at radius 3 is 2.54 bits per heavy atom. The highest BCUT2D eigenvalue weighted by atomic mass is 19.4. The number of hydrogen-bond acceptors (Lipinski definition) is 6. The number of morpholine rings is 1. The van der Waals surface area contributed by atoms with E-state index in [4.69, 9.17) is 4.74 Å². The number of esters is 1. The van der Waals surface area contributed by atoms with Crippen molar-refractivity contribution in [2.24, 2.45) is 0 Å². The Bertz CT molecular complexity index is 737. The lowest BCUT2D eigenvalue weighted by molar-refractivity contribution is -0.152. The van der Waals surface area contributed by atoms with Gasteiger partial charge in [-0.25, -0.2) is 4.79 Å². The predicted molar refractivity (Wildman–Crippen MR) is 84.5 cm³/mol. The van der Waals surface area contributed by atoms with Crippen LogP contribution in [0.2, 0.25) is 0 Å². The van der Waals surface area contributed by atoms with Gasteiger partial charge in [-0.2, -0.15) is 18.4 Å². The Kier molecular flexibility index (Phi) is 6.05. The van der Waals surface area contributed by atoms with Gasteiger partial charge in [-0.3, -0.25) is 4.79 Å². The number of nitrogens with one attached hydrogen (secondary N) is 1. The molecule has 0 bridgehead atoms. The van der Waals surface area contributed by atoms with Crippen molar-refractivity contribution in [1.82, 2.24) is 0 Å². The van der Waals surface area contributed by atoms with Crippen LogP contribution in [0, 0.1) is 11.3 Å². The molecule has 10 heteroatoms. The minimum Gasteiger partial charge on any atom is -0.459 e. The summed E-state index contributed by atoms with van der Waals surface area (Å²) in [4.78, 5) is 24.8. The molecule has 1 aliphatic rings. The molecule has 1 N–H and O–H groups in total. The normalized spacial score (nSPS) is 14.5. The van der Waals surface area contributed by atoms with Gasteiger partial charge in [0.1, 0.15) is 6.07 Å². The lowest BCUT2D eigenvalue weighted by Crippen LogP contribution is -2.37. The Labute approximate surface area is 147 Å². The first kappa shape index (κ1) is 19.5. The van der Waals surface area contributed by atoms with Crippen molar-refractivity contribution in [3.63, 3.8) is 0 Å². The number of carbonyl (C=O) groups excluding carboxylic acids is 2. The van der Waals surface area contributed by atoms with E-state index in [2.05, 4.69) is 4.74 Å². The number of rotatable bonds is 3. The third-order valence-corrected chi connectivity index (χ3v) is 3.62. The number of anilines is 2. The minimum absolute atomic E-state index is 0.0183. The predicted octanol–water partition coefficient (Wildman–Crippen LogP) is 1.92. The van der Waals surface area contributed by atoms with E-state index in [1.807, 2.05) is 5.32 Å². The first-order chi connectivity index (χ1) is 12.3. The van der Waals surface area contributed by atoms with Crippen molar-refractivity contribution < 1.29 is 32.2 Å². The molecule has 0 aromatic heterocycles. The zero-order chi connectivity index (χ0) is 19.3. The number of nitriles is 1. The van der Waals surface area contributed by atoms with E-state index in [-0.39, 0.29) is 17.9 Å². The third-order valence-electron chi connectivity index (χ3n) is 3.62. The smallest absolute Gasteiger partial charge is 0.416 e. The van der Waals surface area contributed by atoms with Gasteiger partial charge in [0.25, 0.3) is 0 Å². The number of ether oxygens (including phenoxy) is 2. The summed E-state index contributed by atoms with van der Waals surface area (Å²) in [6.07, 6.45) is -4.70. The number of nitrogens with zero attached hydrogens (tertiary/aromatic N) is 2. The Morgan fingerprint density at radius 2 is 2.00 bits per heavy atom. The summed E-state index contributed by atoms with van der Waals surface area (Å²) in [5.74, 6) is -2.50. The van der Waals surface area contributed by atoms with Crippen LogP contribution in [-0.2, 0) is 25.2 Å². The zero-order valence-corrected chi connectivity index (χ0v) is 13.9. The van der Waals surface area contributed by atoms with Crippen LogP contribution in [-0.4, -0.2) is 44.8 Å². The lowest BCUT2D eigenvalue weighted by Gasteiger charge is -2.30. The van der Waals surface area contributed by atoms with Crippen molar-refractivity contribution in [3.8, 4) is 6.07 Å². The Morgan fingerprint density at radius 1 is 1.35 bits per heavy atom. The summed E-state index contributed by atoms with van der Waals surface area (Å²) in [5.41, 5.74) is -1.60. The highest BCUT2D eigenvalue weighted by Gasteiger charge is 2.34. The van der Waals surface area contributed by atoms with E-state index in [0.29, 0.717) is 32.4 Å². The number of hydrogen-bond donors (Lipinski definition) is 1. The van der Waals surface area contributed by atoms with Crippen LogP contribution in [0.4, 0.5) is 24.5 Å². The maximum Gasteiger partial charge on any atom is 0.416 e. The molecule has 1 aromatic carbocycles. The largest absolute Gasteiger partial charge is 0.459 e. The van der Waals surface area contributed by atoms with E-state index >= 15 is 0 Å². The van der Waals surface area contributed by atoms with Gasteiger partial charge in [0, 0.05) is 13.1 Å². The second-order valence-corrected chi connectivity index (χ2v) is 5.30. The van der Waals surface area contributed by atoms with Gasteiger partial charge in [0.15, 0.2) is 0 Å². The fourth-order valence-electron chi connectivity index (χ4n) is 2.43. The second kappa shape index (κ2) is 8.05. The highest BCUT2D eigenvalue weighted by molar-refractivity contribution is 6.37. The maximum atomic E-state index is 13.2. The molecule has 1 saturated heterocycles. The van der Waals surface area contributed by atoms with Gasteiger partial charge in [-0.05, 0) is 19.1 Å². The van der Waals surface area contributed by atoms with E-state index < -0.39 is 29.3 Å². The molecule has 7 nitrogen and oxygen atoms in total. The molecule has 0 unspecified atom stereocenters. The summed E-state index contributed by atoms with van der Waals surface area (Å²) >= 11 is 0. The molecule has 0 spiro atoms. The summed E-state index contributed by atoms with van der Waals surface area (Å²) in [6.45, 7) is 2.59.